The molecule has 0 aliphatic carbocycles. The highest BCUT2D eigenvalue weighted by Gasteiger charge is 2.05. The molecule has 0 saturated carbocycles. The van der Waals surface area contributed by atoms with Gasteiger partial charge in [0.25, 0.3) is 0 Å². The van der Waals surface area contributed by atoms with Crippen LogP contribution in [0.3, 0.4) is 0 Å². The first kappa shape index (κ1) is 12.0. The van der Waals surface area contributed by atoms with Crippen LogP contribution >= 0.6 is 0 Å². The van der Waals surface area contributed by atoms with E-state index in [4.69, 9.17) is 5.26 Å². The van der Waals surface area contributed by atoms with Crippen LogP contribution < -0.4 is 10.9 Å². The van der Waals surface area contributed by atoms with Gasteiger partial charge in [-0.2, -0.15) is 5.26 Å². The molecule has 0 aromatic heterocycles. The number of para-hydroxylation sites is 2. The zero-order valence-electron chi connectivity index (χ0n) is 9.72. The quantitative estimate of drug-likeness (QED) is 0.716. The third kappa shape index (κ3) is 2.78. The average molecular weight is 239 g/mol. The predicted molar refractivity (Wildman–Crippen MR) is 69.7 cm³/mol. The molecule has 2 aromatic carbocycles. The maximum absolute atomic E-state index is 9.80. The maximum Gasteiger partial charge on any atom is 0.137 e. The SMILES string of the molecule is N#Cc1cccc(CNNc2ccccc2)c1O. The van der Waals surface area contributed by atoms with Gasteiger partial charge < -0.3 is 10.5 Å². The Kier molecular flexibility index (Phi) is 3.79. The normalized spacial score (nSPS) is 9.72. The molecule has 0 aliphatic rings. The summed E-state index contributed by atoms with van der Waals surface area (Å²) >= 11 is 0. The lowest BCUT2D eigenvalue weighted by atomic mass is 10.1. The number of aromatic hydroxyl groups is 1. The van der Waals surface area contributed by atoms with E-state index in [0.29, 0.717) is 12.1 Å². The number of rotatable bonds is 4. The van der Waals surface area contributed by atoms with Gasteiger partial charge in [0.1, 0.15) is 11.8 Å². The Bertz CT molecular complexity index is 561. The largest absolute Gasteiger partial charge is 0.506 e. The van der Waals surface area contributed by atoms with E-state index < -0.39 is 0 Å². The van der Waals surface area contributed by atoms with E-state index in [1.807, 2.05) is 36.4 Å². The fourth-order valence-electron chi connectivity index (χ4n) is 1.59. The summed E-state index contributed by atoms with van der Waals surface area (Å²) in [6.45, 7) is 0.427. The van der Waals surface area contributed by atoms with Gasteiger partial charge in [-0.3, -0.25) is 0 Å². The first-order chi connectivity index (χ1) is 8.81. The number of nitrogens with one attached hydrogen (secondary N) is 2. The van der Waals surface area contributed by atoms with E-state index in [9.17, 15) is 5.11 Å². The van der Waals surface area contributed by atoms with E-state index in [-0.39, 0.29) is 11.3 Å². The van der Waals surface area contributed by atoms with Gasteiger partial charge in [-0.15, -0.1) is 0 Å². The second-order valence-electron chi connectivity index (χ2n) is 3.77. The van der Waals surface area contributed by atoms with Gasteiger partial charge in [0, 0.05) is 17.8 Å². The number of nitriles is 1. The molecule has 0 saturated heterocycles. The summed E-state index contributed by atoms with van der Waals surface area (Å²) in [6.07, 6.45) is 0. The minimum Gasteiger partial charge on any atom is -0.506 e. The summed E-state index contributed by atoms with van der Waals surface area (Å²) in [5.41, 5.74) is 7.91. The summed E-state index contributed by atoms with van der Waals surface area (Å²) in [5.74, 6) is 0.0300. The van der Waals surface area contributed by atoms with Gasteiger partial charge in [-0.1, -0.05) is 30.3 Å². The molecule has 4 heteroatoms. The molecule has 0 amide bonds. The molecule has 0 spiro atoms. The summed E-state index contributed by atoms with van der Waals surface area (Å²) in [4.78, 5) is 0. The highest BCUT2D eigenvalue weighted by Crippen LogP contribution is 2.21. The van der Waals surface area contributed by atoms with Gasteiger partial charge in [0.15, 0.2) is 0 Å². The number of hydrazine groups is 1. The first-order valence-corrected chi connectivity index (χ1v) is 5.56. The standard InChI is InChI=1S/C14H13N3O/c15-9-11-5-4-6-12(14(11)18)10-16-17-13-7-2-1-3-8-13/h1-8,16-18H,10H2. The number of hydrogen-bond acceptors (Lipinski definition) is 4. The summed E-state index contributed by atoms with van der Waals surface area (Å²) in [7, 11) is 0. The van der Waals surface area contributed by atoms with Crippen LogP contribution in [-0.2, 0) is 6.54 Å². The molecule has 0 radical (unpaired) electrons. The molecule has 0 fully saturated rings. The van der Waals surface area contributed by atoms with Crippen molar-refractivity contribution in [3.8, 4) is 11.8 Å². The van der Waals surface area contributed by atoms with Crippen molar-refractivity contribution in [3.63, 3.8) is 0 Å². The Hall–Kier alpha value is -2.51. The molecule has 2 rings (SSSR count). The van der Waals surface area contributed by atoms with Crippen molar-refractivity contribution in [2.45, 2.75) is 6.54 Å². The number of hydrogen-bond donors (Lipinski definition) is 3. The van der Waals surface area contributed by atoms with E-state index in [1.54, 1.807) is 18.2 Å². The van der Waals surface area contributed by atoms with Crippen molar-refractivity contribution >= 4 is 5.69 Å². The minimum absolute atomic E-state index is 0.0300. The molecular weight excluding hydrogens is 226 g/mol. The number of benzene rings is 2. The van der Waals surface area contributed by atoms with E-state index in [2.05, 4.69) is 10.9 Å². The van der Waals surface area contributed by atoms with Crippen LogP contribution in [0.15, 0.2) is 48.5 Å². The summed E-state index contributed by atoms with van der Waals surface area (Å²) < 4.78 is 0. The molecule has 0 unspecified atom stereocenters. The predicted octanol–water partition coefficient (Wildman–Crippen LogP) is 2.38. The van der Waals surface area contributed by atoms with Crippen molar-refractivity contribution in [1.29, 1.82) is 5.26 Å². The Morgan fingerprint density at radius 1 is 1.06 bits per heavy atom. The lowest BCUT2D eigenvalue weighted by molar-refractivity contribution is 0.464. The molecule has 3 N–H and O–H groups in total. The number of phenolic OH excluding ortho intramolecular Hbond substituents is 1. The number of nitrogens with zero attached hydrogens (tertiary/aromatic N) is 1. The molecule has 2 aromatic rings. The van der Waals surface area contributed by atoms with Gasteiger partial charge in [-0.05, 0) is 18.2 Å². The summed E-state index contributed by atoms with van der Waals surface area (Å²) in [5, 5.41) is 18.6. The van der Waals surface area contributed by atoms with E-state index in [0.717, 1.165) is 5.69 Å². The van der Waals surface area contributed by atoms with Crippen LogP contribution in [-0.4, -0.2) is 5.11 Å². The van der Waals surface area contributed by atoms with Crippen LogP contribution in [0.5, 0.6) is 5.75 Å². The Labute approximate surface area is 105 Å². The zero-order valence-corrected chi connectivity index (χ0v) is 9.72. The van der Waals surface area contributed by atoms with Crippen LogP contribution in [0, 0.1) is 11.3 Å². The lowest BCUT2D eigenvalue weighted by Crippen LogP contribution is -2.20. The van der Waals surface area contributed by atoms with Gasteiger partial charge >= 0.3 is 0 Å². The van der Waals surface area contributed by atoms with Gasteiger partial charge in [0.05, 0.1) is 5.56 Å². The molecule has 90 valence electrons. The molecule has 4 nitrogen and oxygen atoms in total. The third-order valence-electron chi connectivity index (χ3n) is 2.53. The summed E-state index contributed by atoms with van der Waals surface area (Å²) in [6, 6.07) is 16.7. The topological polar surface area (TPSA) is 68.1 Å². The first-order valence-electron chi connectivity index (χ1n) is 5.56. The molecule has 0 heterocycles. The molecular formula is C14H13N3O. The lowest BCUT2D eigenvalue weighted by Gasteiger charge is -2.09. The van der Waals surface area contributed by atoms with Crippen LogP contribution in [0.4, 0.5) is 5.69 Å². The van der Waals surface area contributed by atoms with E-state index in [1.165, 1.54) is 0 Å². The van der Waals surface area contributed by atoms with Gasteiger partial charge in [-0.25, -0.2) is 5.43 Å². The Morgan fingerprint density at radius 2 is 1.83 bits per heavy atom. The smallest absolute Gasteiger partial charge is 0.137 e. The van der Waals surface area contributed by atoms with Crippen molar-refractivity contribution in [3.05, 3.63) is 59.7 Å². The van der Waals surface area contributed by atoms with E-state index >= 15 is 0 Å². The highest BCUT2D eigenvalue weighted by atomic mass is 16.3. The monoisotopic (exact) mass is 239 g/mol. The maximum atomic E-state index is 9.80. The van der Waals surface area contributed by atoms with Crippen molar-refractivity contribution < 1.29 is 5.11 Å². The van der Waals surface area contributed by atoms with Crippen molar-refractivity contribution in [2.24, 2.45) is 0 Å². The second kappa shape index (κ2) is 5.71. The minimum atomic E-state index is 0.0300. The zero-order chi connectivity index (χ0) is 12.8. The third-order valence-corrected chi connectivity index (χ3v) is 2.53. The van der Waals surface area contributed by atoms with Crippen LogP contribution in [0.25, 0.3) is 0 Å². The van der Waals surface area contributed by atoms with Crippen LogP contribution in [0.2, 0.25) is 0 Å². The van der Waals surface area contributed by atoms with Crippen molar-refractivity contribution in [2.75, 3.05) is 5.43 Å². The highest BCUT2D eigenvalue weighted by molar-refractivity contribution is 5.47. The fraction of sp³-hybridized carbons (Fsp3) is 0.0714. The van der Waals surface area contributed by atoms with Gasteiger partial charge in [0.2, 0.25) is 0 Å². The van der Waals surface area contributed by atoms with Crippen LogP contribution in [0.1, 0.15) is 11.1 Å². The molecule has 0 aliphatic heterocycles. The number of phenols is 1. The molecule has 0 atom stereocenters. The second-order valence-corrected chi connectivity index (χ2v) is 3.77. The fourth-order valence-corrected chi connectivity index (χ4v) is 1.59. The Morgan fingerprint density at radius 3 is 2.56 bits per heavy atom. The number of anilines is 1. The van der Waals surface area contributed by atoms with Crippen molar-refractivity contribution in [1.82, 2.24) is 5.43 Å². The molecule has 18 heavy (non-hydrogen) atoms. The Balaban J connectivity index is 1.97. The average Bonchev–Trinajstić information content (AvgIpc) is 2.42. The molecule has 0 bridgehead atoms.